The summed E-state index contributed by atoms with van der Waals surface area (Å²) in [5.74, 6) is 0.957. The van der Waals surface area contributed by atoms with Crippen LogP contribution in [0.25, 0.3) is 11.8 Å². The van der Waals surface area contributed by atoms with E-state index in [1.54, 1.807) is 20.0 Å². The van der Waals surface area contributed by atoms with Gasteiger partial charge in [0.2, 0.25) is 0 Å². The molecule has 158 valence electrons. The van der Waals surface area contributed by atoms with Crippen molar-refractivity contribution in [1.82, 2.24) is 14.9 Å². The molecule has 9 nitrogen and oxygen atoms in total. The quantitative estimate of drug-likeness (QED) is 0.656. The van der Waals surface area contributed by atoms with E-state index in [1.165, 1.54) is 4.57 Å². The molecule has 2 N–H and O–H groups in total. The molecule has 10 heteroatoms. The first kappa shape index (κ1) is 21.5. The van der Waals surface area contributed by atoms with E-state index in [1.807, 2.05) is 24.3 Å². The number of hydrogen-bond acceptors (Lipinski definition) is 8. The average molecular weight is 429 g/mol. The summed E-state index contributed by atoms with van der Waals surface area (Å²) in [6, 6.07) is 7.58. The second kappa shape index (κ2) is 10.0. The Bertz CT molecular complexity index is 1120. The molecule has 3 rings (SSSR count). The Morgan fingerprint density at radius 1 is 1.37 bits per heavy atom. The number of hydrogen-bond donors (Lipinski definition) is 2. The molecule has 0 atom stereocenters. The Morgan fingerprint density at radius 2 is 2.13 bits per heavy atom. The molecular formula is C20H24N6O3S. The number of rotatable bonds is 6. The largest absolute Gasteiger partial charge is 0.378 e. The van der Waals surface area contributed by atoms with Crippen molar-refractivity contribution < 1.29 is 9.53 Å². The smallest absolute Gasteiger partial charge is 0.270 e. The number of carbonyl (C=O) groups excluding carboxylic acids is 1. The lowest BCUT2D eigenvalue weighted by atomic mass is 10.3. The van der Waals surface area contributed by atoms with Crippen molar-refractivity contribution in [3.05, 3.63) is 37.7 Å². The zero-order valence-corrected chi connectivity index (χ0v) is 17.8. The van der Waals surface area contributed by atoms with Gasteiger partial charge in [0.05, 0.1) is 13.2 Å². The molecule has 2 aromatic heterocycles. The third-order valence-electron chi connectivity index (χ3n) is 4.53. The normalized spacial score (nSPS) is 15.5. The van der Waals surface area contributed by atoms with Gasteiger partial charge in [-0.3, -0.25) is 14.2 Å². The highest BCUT2D eigenvalue weighted by atomic mass is 32.1. The number of ether oxygens (including phenoxy) is 1. The van der Waals surface area contributed by atoms with Crippen LogP contribution in [0, 0.1) is 11.3 Å². The molecule has 1 aliphatic rings. The summed E-state index contributed by atoms with van der Waals surface area (Å²) in [4.78, 5) is 31.7. The molecule has 0 unspecified atom stereocenters. The minimum atomic E-state index is -0.483. The number of nitrogens with one attached hydrogen (secondary N) is 2. The zero-order valence-electron chi connectivity index (χ0n) is 17.0. The molecule has 1 fully saturated rings. The lowest BCUT2D eigenvalue weighted by Crippen LogP contribution is -2.36. The van der Waals surface area contributed by atoms with Crippen LogP contribution >= 0.6 is 11.3 Å². The molecule has 0 saturated carbocycles. The zero-order chi connectivity index (χ0) is 21.5. The first-order valence-corrected chi connectivity index (χ1v) is 10.6. The lowest BCUT2D eigenvalue weighted by molar-refractivity contribution is -0.115. The maximum Gasteiger partial charge on any atom is 0.270 e. The minimum absolute atomic E-state index is 0.0621. The number of nitrogens with zero attached hydrogens (tertiary/aromatic N) is 4. The van der Waals surface area contributed by atoms with Crippen LogP contribution in [0.15, 0.2) is 23.0 Å². The molecular weight excluding hydrogens is 404 g/mol. The molecule has 0 radical (unpaired) electrons. The first-order chi connectivity index (χ1) is 14.6. The Kier molecular flexibility index (Phi) is 7.21. The van der Waals surface area contributed by atoms with Gasteiger partial charge in [-0.25, -0.2) is 4.98 Å². The topological polar surface area (TPSA) is 112 Å². The third kappa shape index (κ3) is 4.69. The van der Waals surface area contributed by atoms with Crippen LogP contribution in [-0.2, 0) is 16.1 Å². The lowest BCUT2D eigenvalue weighted by Gasteiger charge is -2.27. The van der Waals surface area contributed by atoms with E-state index in [4.69, 9.17) is 4.74 Å². The van der Waals surface area contributed by atoms with Crippen molar-refractivity contribution in [3.63, 3.8) is 0 Å². The highest BCUT2D eigenvalue weighted by Crippen LogP contribution is 2.15. The van der Waals surface area contributed by atoms with Gasteiger partial charge in [0.1, 0.15) is 26.9 Å². The SMILES string of the molecule is CCNC(=O)/C(C#N)=c1\s/c(=C/Nc2cccc(N3CCOCC3)n2)c(=O)n1CC. The molecule has 0 aliphatic carbocycles. The molecule has 1 amide bonds. The van der Waals surface area contributed by atoms with Crippen LogP contribution < -0.4 is 30.3 Å². The van der Waals surface area contributed by atoms with E-state index < -0.39 is 5.91 Å². The Hall–Kier alpha value is -3.16. The van der Waals surface area contributed by atoms with E-state index in [0.717, 1.165) is 30.2 Å². The second-order valence-corrected chi connectivity index (χ2v) is 7.47. The molecule has 3 heterocycles. The minimum Gasteiger partial charge on any atom is -0.378 e. The molecule has 0 aromatic carbocycles. The van der Waals surface area contributed by atoms with Crippen LogP contribution in [0.4, 0.5) is 11.6 Å². The maximum atomic E-state index is 12.8. The Morgan fingerprint density at radius 3 is 2.80 bits per heavy atom. The summed E-state index contributed by atoms with van der Waals surface area (Å²) >= 11 is 1.11. The summed E-state index contributed by atoms with van der Waals surface area (Å²) < 4.78 is 7.55. The summed E-state index contributed by atoms with van der Waals surface area (Å²) in [7, 11) is 0. The molecule has 0 spiro atoms. The third-order valence-corrected chi connectivity index (χ3v) is 5.66. The van der Waals surface area contributed by atoms with Crippen LogP contribution in [-0.4, -0.2) is 48.3 Å². The summed E-state index contributed by atoms with van der Waals surface area (Å²) in [6.45, 7) is 7.23. The number of nitriles is 1. The molecule has 1 aliphatic heterocycles. The fraction of sp³-hybridized carbons (Fsp3) is 0.400. The van der Waals surface area contributed by atoms with Crippen molar-refractivity contribution in [2.75, 3.05) is 43.1 Å². The average Bonchev–Trinajstić information content (AvgIpc) is 3.09. The van der Waals surface area contributed by atoms with Crippen molar-refractivity contribution >= 4 is 40.7 Å². The Balaban J connectivity index is 1.95. The van der Waals surface area contributed by atoms with Crippen molar-refractivity contribution in [3.8, 4) is 6.07 Å². The van der Waals surface area contributed by atoms with Gasteiger partial charge in [-0.1, -0.05) is 6.07 Å². The number of aromatic nitrogens is 2. The monoisotopic (exact) mass is 428 g/mol. The summed E-state index contributed by atoms with van der Waals surface area (Å²) in [6.07, 6.45) is 1.57. The first-order valence-electron chi connectivity index (χ1n) is 9.77. The highest BCUT2D eigenvalue weighted by Gasteiger charge is 2.15. The predicted molar refractivity (Wildman–Crippen MR) is 117 cm³/mol. The highest BCUT2D eigenvalue weighted by molar-refractivity contribution is 7.07. The van der Waals surface area contributed by atoms with Gasteiger partial charge in [-0.2, -0.15) is 5.26 Å². The van der Waals surface area contributed by atoms with Crippen LogP contribution in [0.2, 0.25) is 0 Å². The van der Waals surface area contributed by atoms with Gasteiger partial charge in [-0.15, -0.1) is 11.3 Å². The molecule has 2 aromatic rings. The number of anilines is 2. The van der Waals surface area contributed by atoms with E-state index >= 15 is 0 Å². The predicted octanol–water partition coefficient (Wildman–Crippen LogP) is -0.178. The fourth-order valence-corrected chi connectivity index (χ4v) is 4.14. The summed E-state index contributed by atoms with van der Waals surface area (Å²) in [5, 5.41) is 15.1. The number of carbonyl (C=O) groups is 1. The van der Waals surface area contributed by atoms with Crippen LogP contribution in [0.5, 0.6) is 0 Å². The van der Waals surface area contributed by atoms with E-state index in [-0.39, 0.29) is 11.1 Å². The number of morpholine rings is 1. The van der Waals surface area contributed by atoms with Crippen LogP contribution in [0.1, 0.15) is 13.8 Å². The van der Waals surface area contributed by atoms with Gasteiger partial charge in [0, 0.05) is 32.4 Å². The fourth-order valence-electron chi connectivity index (χ4n) is 3.05. The van der Waals surface area contributed by atoms with E-state index in [2.05, 4.69) is 20.5 Å². The van der Waals surface area contributed by atoms with Gasteiger partial charge in [0.15, 0.2) is 5.57 Å². The second-order valence-electron chi connectivity index (χ2n) is 6.44. The van der Waals surface area contributed by atoms with Crippen molar-refractivity contribution in [1.29, 1.82) is 5.26 Å². The standard InChI is InChI=1S/C20H24N6O3S/c1-3-22-18(27)14(12-21)20-26(4-2)19(28)15(30-20)13-23-16-6-5-7-17(24-16)25-8-10-29-11-9-25/h5-7,13H,3-4,8-11H2,1-2H3,(H,22,27)(H,23,24)/b15-13+,20-14-. The molecule has 0 bridgehead atoms. The van der Waals surface area contributed by atoms with Crippen molar-refractivity contribution in [2.24, 2.45) is 0 Å². The van der Waals surface area contributed by atoms with Gasteiger partial charge < -0.3 is 20.3 Å². The van der Waals surface area contributed by atoms with Crippen molar-refractivity contribution in [2.45, 2.75) is 20.4 Å². The van der Waals surface area contributed by atoms with E-state index in [0.29, 0.717) is 41.3 Å². The maximum absolute atomic E-state index is 12.8. The number of amides is 1. The van der Waals surface area contributed by atoms with Gasteiger partial charge >= 0.3 is 0 Å². The van der Waals surface area contributed by atoms with Gasteiger partial charge in [0.25, 0.3) is 11.5 Å². The number of thiazole rings is 1. The number of pyridine rings is 1. The molecule has 30 heavy (non-hydrogen) atoms. The van der Waals surface area contributed by atoms with E-state index in [9.17, 15) is 14.9 Å². The summed E-state index contributed by atoms with van der Waals surface area (Å²) in [5.41, 5.74) is -0.320. The van der Waals surface area contributed by atoms with Gasteiger partial charge in [-0.05, 0) is 26.0 Å². The Labute approximate surface area is 177 Å². The van der Waals surface area contributed by atoms with Crippen LogP contribution in [0.3, 0.4) is 0 Å². The molecule has 1 saturated heterocycles.